The molecule has 0 radical (unpaired) electrons. The lowest BCUT2D eigenvalue weighted by atomic mass is 9.80. The lowest BCUT2D eigenvalue weighted by molar-refractivity contribution is -0.230. The average Bonchev–Trinajstić information content (AvgIpc) is 2.74. The molecule has 2 fully saturated rings. The number of carbonyl (C=O) groups excluding carboxylic acids is 1. The van der Waals surface area contributed by atoms with Gasteiger partial charge in [0, 0.05) is 6.54 Å². The van der Waals surface area contributed by atoms with Crippen molar-refractivity contribution in [2.75, 3.05) is 26.2 Å². The number of alkyl halides is 3. The summed E-state index contributed by atoms with van der Waals surface area (Å²) in [6.07, 6.45) is -3.53. The summed E-state index contributed by atoms with van der Waals surface area (Å²) < 4.78 is 39.5. The molecule has 110 valence electrons. The summed E-state index contributed by atoms with van der Waals surface area (Å²) in [4.78, 5) is 13.3. The van der Waals surface area contributed by atoms with Gasteiger partial charge >= 0.3 is 6.18 Å². The first-order chi connectivity index (χ1) is 8.74. The molecule has 2 rings (SSSR count). The maximum absolute atomic E-state index is 13.2. The van der Waals surface area contributed by atoms with Crippen LogP contribution in [0, 0.1) is 5.41 Å². The van der Waals surface area contributed by atoms with Crippen molar-refractivity contribution in [3.8, 4) is 0 Å². The molecule has 2 heterocycles. The zero-order valence-electron chi connectivity index (χ0n) is 10.9. The molecule has 0 saturated carbocycles. The number of aliphatic hydroxyl groups is 1. The quantitative estimate of drug-likeness (QED) is 0.807. The first-order valence-electron chi connectivity index (χ1n) is 6.53. The van der Waals surface area contributed by atoms with E-state index in [4.69, 9.17) is 0 Å². The molecule has 4 nitrogen and oxygen atoms in total. The SMILES string of the molecule is CCCC1(O)CN(C(=O)C2(C(F)(F)F)CCNC2)C1. The Morgan fingerprint density at radius 1 is 1.42 bits per heavy atom. The number of halogens is 3. The molecule has 7 heteroatoms. The molecule has 1 atom stereocenters. The minimum atomic E-state index is -4.55. The molecule has 1 unspecified atom stereocenters. The van der Waals surface area contributed by atoms with Crippen LogP contribution in [0.5, 0.6) is 0 Å². The fraction of sp³-hybridized carbons (Fsp3) is 0.917. The maximum Gasteiger partial charge on any atom is 0.404 e. The summed E-state index contributed by atoms with van der Waals surface area (Å²) in [5, 5.41) is 12.6. The van der Waals surface area contributed by atoms with Crippen LogP contribution in [0.25, 0.3) is 0 Å². The van der Waals surface area contributed by atoms with Gasteiger partial charge in [-0.05, 0) is 19.4 Å². The zero-order chi connectivity index (χ0) is 14.3. The first-order valence-corrected chi connectivity index (χ1v) is 6.53. The highest BCUT2D eigenvalue weighted by Crippen LogP contribution is 2.45. The monoisotopic (exact) mass is 280 g/mol. The molecule has 19 heavy (non-hydrogen) atoms. The van der Waals surface area contributed by atoms with Gasteiger partial charge in [0.25, 0.3) is 0 Å². The molecule has 0 bridgehead atoms. The third kappa shape index (κ3) is 2.33. The zero-order valence-corrected chi connectivity index (χ0v) is 10.9. The summed E-state index contributed by atoms with van der Waals surface area (Å²) >= 11 is 0. The number of rotatable bonds is 3. The van der Waals surface area contributed by atoms with E-state index >= 15 is 0 Å². The van der Waals surface area contributed by atoms with E-state index in [0.29, 0.717) is 6.42 Å². The van der Waals surface area contributed by atoms with Crippen molar-refractivity contribution in [3.05, 3.63) is 0 Å². The van der Waals surface area contributed by atoms with Crippen LogP contribution in [0.4, 0.5) is 13.2 Å². The third-order valence-corrected chi connectivity index (χ3v) is 4.08. The number of hydrogen-bond donors (Lipinski definition) is 2. The Morgan fingerprint density at radius 3 is 2.47 bits per heavy atom. The second-order valence-corrected chi connectivity index (χ2v) is 5.64. The lowest BCUT2D eigenvalue weighted by Crippen LogP contribution is -2.67. The molecular weight excluding hydrogens is 261 g/mol. The normalized spacial score (nSPS) is 30.3. The molecule has 0 aromatic carbocycles. The molecule has 1 amide bonds. The lowest BCUT2D eigenvalue weighted by Gasteiger charge is -2.49. The Balaban J connectivity index is 2.08. The van der Waals surface area contributed by atoms with Gasteiger partial charge in [-0.25, -0.2) is 0 Å². The van der Waals surface area contributed by atoms with Crippen molar-refractivity contribution in [1.29, 1.82) is 0 Å². The first kappa shape index (κ1) is 14.6. The summed E-state index contributed by atoms with van der Waals surface area (Å²) in [6.45, 7) is 1.74. The topological polar surface area (TPSA) is 52.6 Å². The fourth-order valence-corrected chi connectivity index (χ4v) is 2.97. The number of nitrogens with one attached hydrogen (secondary N) is 1. The molecule has 0 aromatic rings. The molecule has 0 spiro atoms. The van der Waals surface area contributed by atoms with Gasteiger partial charge in [-0.3, -0.25) is 4.79 Å². The van der Waals surface area contributed by atoms with E-state index in [1.807, 2.05) is 6.92 Å². The number of carbonyl (C=O) groups is 1. The van der Waals surface area contributed by atoms with Gasteiger partial charge in [-0.15, -0.1) is 0 Å². The van der Waals surface area contributed by atoms with Crippen LogP contribution in [0.1, 0.15) is 26.2 Å². The fourth-order valence-electron chi connectivity index (χ4n) is 2.97. The summed E-state index contributed by atoms with van der Waals surface area (Å²) in [5.41, 5.74) is -3.30. The van der Waals surface area contributed by atoms with Crippen LogP contribution in [-0.2, 0) is 4.79 Å². The average molecular weight is 280 g/mol. The number of likely N-dealkylation sites (tertiary alicyclic amines) is 1. The highest BCUT2D eigenvalue weighted by Gasteiger charge is 2.64. The van der Waals surface area contributed by atoms with Crippen LogP contribution in [0.15, 0.2) is 0 Å². The number of β-amino-alcohol motifs (C(OH)–C–C–N with tert-alkyl or cyclic N) is 1. The van der Waals surface area contributed by atoms with Crippen molar-refractivity contribution < 1.29 is 23.1 Å². The summed E-state index contributed by atoms with van der Waals surface area (Å²) in [6, 6.07) is 0. The van der Waals surface area contributed by atoms with Gasteiger partial charge in [0.15, 0.2) is 5.41 Å². The Kier molecular flexibility index (Phi) is 3.55. The van der Waals surface area contributed by atoms with Gasteiger partial charge in [-0.2, -0.15) is 13.2 Å². The molecule has 0 aromatic heterocycles. The largest absolute Gasteiger partial charge is 0.404 e. The summed E-state index contributed by atoms with van der Waals surface area (Å²) in [5.74, 6) is -0.897. The van der Waals surface area contributed by atoms with Crippen LogP contribution < -0.4 is 5.32 Å². The van der Waals surface area contributed by atoms with Crippen LogP contribution in [0.2, 0.25) is 0 Å². The van der Waals surface area contributed by atoms with Crippen molar-refractivity contribution in [2.24, 2.45) is 5.41 Å². The van der Waals surface area contributed by atoms with Gasteiger partial charge in [0.1, 0.15) is 0 Å². The van der Waals surface area contributed by atoms with E-state index in [1.54, 1.807) is 0 Å². The Hall–Kier alpha value is -0.820. The van der Waals surface area contributed by atoms with Crippen LogP contribution in [-0.4, -0.2) is 53.9 Å². The molecule has 2 aliphatic rings. The van der Waals surface area contributed by atoms with E-state index in [-0.39, 0.29) is 32.6 Å². The number of hydrogen-bond acceptors (Lipinski definition) is 3. The Labute approximate surface area is 110 Å². The Bertz CT molecular complexity index is 358. The highest BCUT2D eigenvalue weighted by atomic mass is 19.4. The Morgan fingerprint density at radius 2 is 2.05 bits per heavy atom. The third-order valence-electron chi connectivity index (χ3n) is 4.08. The van der Waals surface area contributed by atoms with Gasteiger partial charge < -0.3 is 15.3 Å². The van der Waals surface area contributed by atoms with E-state index in [9.17, 15) is 23.1 Å². The molecule has 0 aliphatic carbocycles. The predicted octanol–water partition coefficient (Wildman–Crippen LogP) is 0.902. The van der Waals surface area contributed by atoms with Crippen LogP contribution >= 0.6 is 0 Å². The molecule has 2 aliphatic heterocycles. The standard InChI is InChI=1S/C12H19F3N2O2/c1-2-3-10(19)7-17(8-10)9(18)11(12(13,14)15)4-5-16-6-11/h16,19H,2-8H2,1H3. The van der Waals surface area contributed by atoms with Crippen molar-refractivity contribution in [3.63, 3.8) is 0 Å². The molecule has 2 N–H and O–H groups in total. The van der Waals surface area contributed by atoms with E-state index in [1.165, 1.54) is 0 Å². The molecular formula is C12H19F3N2O2. The van der Waals surface area contributed by atoms with Gasteiger partial charge in [-0.1, -0.05) is 13.3 Å². The summed E-state index contributed by atoms with van der Waals surface area (Å²) in [7, 11) is 0. The van der Waals surface area contributed by atoms with Crippen molar-refractivity contribution in [1.82, 2.24) is 10.2 Å². The molecule has 2 saturated heterocycles. The van der Waals surface area contributed by atoms with Crippen molar-refractivity contribution in [2.45, 2.75) is 38.0 Å². The maximum atomic E-state index is 13.2. The number of nitrogens with zero attached hydrogens (tertiary/aromatic N) is 1. The number of amides is 1. The van der Waals surface area contributed by atoms with Gasteiger partial charge in [0.05, 0.1) is 18.7 Å². The smallest absolute Gasteiger partial charge is 0.386 e. The predicted molar refractivity (Wildman–Crippen MR) is 62.4 cm³/mol. The van der Waals surface area contributed by atoms with Gasteiger partial charge in [0.2, 0.25) is 5.91 Å². The van der Waals surface area contributed by atoms with Crippen molar-refractivity contribution >= 4 is 5.91 Å². The minimum absolute atomic E-state index is 0.0114. The highest BCUT2D eigenvalue weighted by molar-refractivity contribution is 5.85. The van der Waals surface area contributed by atoms with E-state index < -0.39 is 23.1 Å². The van der Waals surface area contributed by atoms with E-state index in [2.05, 4.69) is 5.32 Å². The second-order valence-electron chi connectivity index (χ2n) is 5.64. The minimum Gasteiger partial charge on any atom is -0.386 e. The second kappa shape index (κ2) is 4.63. The van der Waals surface area contributed by atoms with E-state index in [0.717, 1.165) is 11.3 Å². The van der Waals surface area contributed by atoms with Crippen LogP contribution in [0.3, 0.4) is 0 Å².